The molecular weight excluding hydrogens is 460 g/mol. The van der Waals surface area contributed by atoms with Gasteiger partial charge in [0.2, 0.25) is 0 Å². The molecule has 1 radical (unpaired) electrons. The Balaban J connectivity index is 0.00000243. The van der Waals surface area contributed by atoms with Crippen LogP contribution in [0.2, 0.25) is 0 Å². The number of alkyl halides is 1. The summed E-state index contributed by atoms with van der Waals surface area (Å²) < 4.78 is 13.6. The molecule has 0 unspecified atom stereocenters. The van der Waals surface area contributed by atoms with Gasteiger partial charge in [-0.3, -0.25) is 9.88 Å². The SMILES string of the molecule is CN(c1ccc(C([NH-])=O)nc1)[C@H](CN1CC[C@H](F)C1)c1ccccc1.[Pr]. The number of nitrogens with one attached hydrogen (secondary N) is 1. The maximum absolute atomic E-state index is 13.6. The van der Waals surface area contributed by atoms with Gasteiger partial charge in [-0.15, -0.1) is 0 Å². The maximum Gasteiger partial charge on any atom is 0.114 e. The minimum Gasteiger partial charge on any atom is -0.662 e. The Bertz CT molecular complexity index is 713. The van der Waals surface area contributed by atoms with E-state index in [1.165, 1.54) is 0 Å². The zero-order valence-corrected chi connectivity index (χ0v) is 18.5. The summed E-state index contributed by atoms with van der Waals surface area (Å²) in [5, 5.41) is 0. The zero-order valence-electron chi connectivity index (χ0n) is 14.8. The number of likely N-dealkylation sites (N-methyl/N-ethyl adjacent to an activating group) is 1. The van der Waals surface area contributed by atoms with Crippen molar-refractivity contribution in [2.45, 2.75) is 18.6 Å². The Morgan fingerprint density at radius 3 is 2.62 bits per heavy atom. The molecule has 2 aromatic rings. The summed E-state index contributed by atoms with van der Waals surface area (Å²) in [5.41, 5.74) is 9.26. The molecule has 1 saturated heterocycles. The molecule has 1 aliphatic rings. The molecule has 135 valence electrons. The van der Waals surface area contributed by atoms with Crippen molar-refractivity contribution in [2.24, 2.45) is 0 Å². The molecule has 1 N–H and O–H groups in total. The van der Waals surface area contributed by atoms with E-state index in [9.17, 15) is 9.18 Å². The molecule has 0 aliphatic carbocycles. The largest absolute Gasteiger partial charge is 0.662 e. The molecule has 2 heterocycles. The van der Waals surface area contributed by atoms with Crippen LogP contribution in [0.15, 0.2) is 48.7 Å². The average molecular weight is 482 g/mol. The van der Waals surface area contributed by atoms with E-state index in [1.54, 1.807) is 18.3 Å². The first-order chi connectivity index (χ1) is 12.0. The molecule has 1 aromatic carbocycles. The number of aromatic nitrogens is 1. The molecule has 1 amide bonds. The molecule has 2 atom stereocenters. The molecule has 7 heteroatoms. The Kier molecular flexibility index (Phi) is 7.92. The minimum atomic E-state index is -0.792. The first kappa shape index (κ1) is 21.2. The van der Waals surface area contributed by atoms with Gasteiger partial charge in [-0.05, 0) is 24.1 Å². The van der Waals surface area contributed by atoms with E-state index in [2.05, 4.69) is 26.9 Å². The van der Waals surface area contributed by atoms with E-state index < -0.39 is 12.1 Å². The number of carbonyl (C=O) groups excluding carboxylic acids is 1. The van der Waals surface area contributed by atoms with Crippen molar-refractivity contribution in [2.75, 3.05) is 31.6 Å². The van der Waals surface area contributed by atoms with Gasteiger partial charge in [-0.2, -0.15) is 0 Å². The standard InChI is InChI=1S/C19H23FN4O.Pr/c1-23(16-7-8-17(19(21)25)22-11-16)18(14-5-3-2-4-6-14)13-24-10-9-15(20)12-24;/h2-8,11,15,18H,9-10,12-13H2,1H3,(H2,21,25);/p-1/t15-,18+;/m0./s1. The number of amides is 1. The number of pyridine rings is 1. The second-order valence-electron chi connectivity index (χ2n) is 6.41. The summed E-state index contributed by atoms with van der Waals surface area (Å²) in [4.78, 5) is 19.4. The summed E-state index contributed by atoms with van der Waals surface area (Å²) in [6, 6.07) is 13.5. The second kappa shape index (κ2) is 9.72. The summed E-state index contributed by atoms with van der Waals surface area (Å²) >= 11 is 0. The van der Waals surface area contributed by atoms with Gasteiger partial charge >= 0.3 is 0 Å². The maximum atomic E-state index is 13.6. The van der Waals surface area contributed by atoms with Crippen molar-refractivity contribution >= 4 is 11.6 Å². The number of anilines is 1. The molecule has 3 rings (SSSR count). The fourth-order valence-electron chi connectivity index (χ4n) is 3.23. The second-order valence-corrected chi connectivity index (χ2v) is 6.41. The number of rotatable bonds is 6. The number of benzene rings is 1. The van der Waals surface area contributed by atoms with E-state index in [0.29, 0.717) is 13.0 Å². The normalized spacial score (nSPS) is 18.2. The number of hydrogen-bond acceptors (Lipinski definition) is 4. The van der Waals surface area contributed by atoms with Crippen molar-refractivity contribution in [3.05, 3.63) is 65.7 Å². The van der Waals surface area contributed by atoms with Gasteiger partial charge in [-0.25, -0.2) is 4.39 Å². The van der Waals surface area contributed by atoms with Gasteiger partial charge in [0.1, 0.15) is 6.17 Å². The Morgan fingerprint density at radius 2 is 2.08 bits per heavy atom. The summed E-state index contributed by atoms with van der Waals surface area (Å²) in [7, 11) is 1.97. The van der Waals surface area contributed by atoms with E-state index in [0.717, 1.165) is 24.3 Å². The fraction of sp³-hybridized carbons (Fsp3) is 0.368. The van der Waals surface area contributed by atoms with Crippen LogP contribution in [0.3, 0.4) is 0 Å². The van der Waals surface area contributed by atoms with Crippen LogP contribution in [0.5, 0.6) is 0 Å². The van der Waals surface area contributed by atoms with Crippen LogP contribution in [0, 0.1) is 41.3 Å². The van der Waals surface area contributed by atoms with Gasteiger partial charge in [0.05, 0.1) is 29.5 Å². The van der Waals surface area contributed by atoms with Gasteiger partial charge in [-0.1, -0.05) is 30.3 Å². The fourth-order valence-corrected chi connectivity index (χ4v) is 3.23. The van der Waals surface area contributed by atoms with Crippen LogP contribution in [-0.4, -0.2) is 48.6 Å². The van der Waals surface area contributed by atoms with Gasteiger partial charge < -0.3 is 15.4 Å². The molecule has 0 spiro atoms. The number of halogens is 1. The third kappa shape index (κ3) is 5.21. The summed E-state index contributed by atoms with van der Waals surface area (Å²) in [6.45, 7) is 1.96. The van der Waals surface area contributed by atoms with Gasteiger partial charge in [0.15, 0.2) is 0 Å². The van der Waals surface area contributed by atoms with Crippen molar-refractivity contribution in [3.63, 3.8) is 0 Å². The van der Waals surface area contributed by atoms with Crippen molar-refractivity contribution in [1.29, 1.82) is 0 Å². The molecule has 26 heavy (non-hydrogen) atoms. The number of carbonyl (C=O) groups is 1. The van der Waals surface area contributed by atoms with Crippen LogP contribution in [0.4, 0.5) is 10.1 Å². The molecular formula is C19H22FN4OPr-. The Morgan fingerprint density at radius 1 is 1.35 bits per heavy atom. The monoisotopic (exact) mass is 482 g/mol. The van der Waals surface area contributed by atoms with Crippen LogP contribution >= 0.6 is 0 Å². The summed E-state index contributed by atoms with van der Waals surface area (Å²) in [6.07, 6.45) is 1.46. The smallest absolute Gasteiger partial charge is 0.114 e. The topological polar surface area (TPSA) is 60.2 Å². The van der Waals surface area contributed by atoms with Crippen molar-refractivity contribution in [1.82, 2.24) is 9.88 Å². The van der Waals surface area contributed by atoms with Gasteiger partial charge in [0.25, 0.3) is 0 Å². The molecule has 5 nitrogen and oxygen atoms in total. The third-order valence-corrected chi connectivity index (χ3v) is 4.69. The number of likely N-dealkylation sites (tertiary alicyclic amines) is 1. The van der Waals surface area contributed by atoms with E-state index in [1.807, 2.05) is 25.2 Å². The molecule has 0 bridgehead atoms. The predicted octanol–water partition coefficient (Wildman–Crippen LogP) is 3.50. The van der Waals surface area contributed by atoms with E-state index >= 15 is 0 Å². The van der Waals surface area contributed by atoms with Crippen LogP contribution < -0.4 is 4.90 Å². The first-order valence-electron chi connectivity index (χ1n) is 8.41. The minimum absolute atomic E-state index is 0. The molecule has 0 saturated carbocycles. The average Bonchev–Trinajstić information content (AvgIpc) is 3.05. The zero-order chi connectivity index (χ0) is 17.8. The number of hydrogen-bond donors (Lipinski definition) is 0. The van der Waals surface area contributed by atoms with E-state index in [-0.39, 0.29) is 53.0 Å². The molecule has 1 aliphatic heterocycles. The quantitative estimate of drug-likeness (QED) is 0.633. The first-order valence-corrected chi connectivity index (χ1v) is 8.41. The predicted molar refractivity (Wildman–Crippen MR) is 96.4 cm³/mol. The van der Waals surface area contributed by atoms with Crippen LogP contribution in [0.1, 0.15) is 28.5 Å². The molecule has 1 aromatic heterocycles. The Hall–Kier alpha value is -1.11. The van der Waals surface area contributed by atoms with Crippen LogP contribution in [-0.2, 0) is 0 Å². The van der Waals surface area contributed by atoms with Crippen molar-refractivity contribution in [3.8, 4) is 0 Å². The number of nitrogens with zero attached hydrogens (tertiary/aromatic N) is 3. The van der Waals surface area contributed by atoms with Gasteiger partial charge in [0, 0.05) is 68.0 Å². The molecule has 1 fully saturated rings. The van der Waals surface area contributed by atoms with Crippen molar-refractivity contribution < 1.29 is 50.5 Å². The van der Waals surface area contributed by atoms with E-state index in [4.69, 9.17) is 5.73 Å². The Labute approximate surface area is 186 Å². The van der Waals surface area contributed by atoms with Crippen LogP contribution in [0.25, 0.3) is 5.73 Å². The summed E-state index contributed by atoms with van der Waals surface area (Å²) in [5.74, 6) is -0.792. The third-order valence-electron chi connectivity index (χ3n) is 4.69.